The van der Waals surface area contributed by atoms with Gasteiger partial charge in [0.1, 0.15) is 0 Å². The summed E-state index contributed by atoms with van der Waals surface area (Å²) >= 11 is 1.62. The van der Waals surface area contributed by atoms with Crippen LogP contribution in [0.4, 0.5) is 16.3 Å². The third-order valence-electron chi connectivity index (χ3n) is 3.14. The maximum absolute atomic E-state index is 12.0. The van der Waals surface area contributed by atoms with Crippen molar-refractivity contribution < 1.29 is 9.32 Å². The Morgan fingerprint density at radius 2 is 1.87 bits per heavy atom. The van der Waals surface area contributed by atoms with Crippen LogP contribution >= 0.6 is 11.8 Å². The molecule has 23 heavy (non-hydrogen) atoms. The number of rotatable bonds is 4. The molecule has 0 bridgehead atoms. The van der Waals surface area contributed by atoms with Crippen LogP contribution in [-0.2, 0) is 0 Å². The van der Waals surface area contributed by atoms with Crippen LogP contribution in [0, 0.1) is 0 Å². The Hall–Kier alpha value is -2.73. The number of amides is 2. The van der Waals surface area contributed by atoms with E-state index in [2.05, 4.69) is 15.8 Å². The number of nitrogens with one attached hydrogen (secondary N) is 2. The lowest BCUT2D eigenvalue weighted by atomic mass is 10.2. The van der Waals surface area contributed by atoms with Crippen LogP contribution in [0.25, 0.3) is 11.3 Å². The number of thioether (sulfide) groups is 1. The van der Waals surface area contributed by atoms with Gasteiger partial charge in [-0.15, -0.1) is 11.8 Å². The van der Waals surface area contributed by atoms with Crippen LogP contribution in [0.15, 0.2) is 70.1 Å². The van der Waals surface area contributed by atoms with E-state index in [1.807, 2.05) is 60.9 Å². The Morgan fingerprint density at radius 3 is 2.65 bits per heavy atom. The molecule has 3 rings (SSSR count). The third kappa shape index (κ3) is 3.92. The molecule has 2 amide bonds. The van der Waals surface area contributed by atoms with Gasteiger partial charge in [-0.05, 0) is 24.5 Å². The van der Waals surface area contributed by atoms with Gasteiger partial charge in [-0.1, -0.05) is 41.6 Å². The molecule has 2 aromatic carbocycles. The van der Waals surface area contributed by atoms with Crippen LogP contribution in [0.1, 0.15) is 0 Å². The van der Waals surface area contributed by atoms with Gasteiger partial charge in [-0.3, -0.25) is 5.32 Å². The second kappa shape index (κ2) is 7.02. The fraction of sp³-hybridized carbons (Fsp3) is 0.0588. The third-order valence-corrected chi connectivity index (χ3v) is 3.86. The Kier molecular flexibility index (Phi) is 4.63. The molecule has 0 radical (unpaired) electrons. The van der Waals surface area contributed by atoms with Crippen LogP contribution in [0.2, 0.25) is 0 Å². The highest BCUT2D eigenvalue weighted by molar-refractivity contribution is 7.98. The van der Waals surface area contributed by atoms with Crippen molar-refractivity contribution in [3.05, 3.63) is 60.7 Å². The van der Waals surface area contributed by atoms with E-state index in [9.17, 15) is 4.79 Å². The monoisotopic (exact) mass is 325 g/mol. The molecule has 0 saturated carbocycles. The van der Waals surface area contributed by atoms with E-state index < -0.39 is 0 Å². The molecule has 0 saturated heterocycles. The van der Waals surface area contributed by atoms with Crippen molar-refractivity contribution in [2.75, 3.05) is 16.9 Å². The lowest BCUT2D eigenvalue weighted by Gasteiger charge is -2.06. The molecule has 0 unspecified atom stereocenters. The normalized spacial score (nSPS) is 10.3. The summed E-state index contributed by atoms with van der Waals surface area (Å²) in [6.07, 6.45) is 1.99. The van der Waals surface area contributed by atoms with Crippen molar-refractivity contribution in [1.82, 2.24) is 5.16 Å². The Bertz CT molecular complexity index is 802. The van der Waals surface area contributed by atoms with Crippen LogP contribution < -0.4 is 10.6 Å². The van der Waals surface area contributed by atoms with Crippen LogP contribution in [-0.4, -0.2) is 17.4 Å². The zero-order chi connectivity index (χ0) is 16.1. The van der Waals surface area contributed by atoms with Gasteiger partial charge in [0.2, 0.25) is 0 Å². The number of nitrogens with zero attached hydrogens (tertiary/aromatic N) is 1. The molecule has 1 heterocycles. The maximum atomic E-state index is 12.0. The van der Waals surface area contributed by atoms with Gasteiger partial charge < -0.3 is 9.84 Å². The molecule has 0 fully saturated rings. The minimum atomic E-state index is -0.365. The first-order chi connectivity index (χ1) is 11.2. The summed E-state index contributed by atoms with van der Waals surface area (Å²) in [5.74, 6) is 0.965. The smallest absolute Gasteiger partial charge is 0.324 e. The number of urea groups is 1. The highest BCUT2D eigenvalue weighted by Crippen LogP contribution is 2.22. The minimum Gasteiger partial charge on any atom is -0.354 e. The number of hydrogen-bond acceptors (Lipinski definition) is 4. The largest absolute Gasteiger partial charge is 0.354 e. The van der Waals surface area contributed by atoms with E-state index in [4.69, 9.17) is 4.52 Å². The summed E-state index contributed by atoms with van der Waals surface area (Å²) in [7, 11) is 0. The predicted molar refractivity (Wildman–Crippen MR) is 92.8 cm³/mol. The molecular weight excluding hydrogens is 310 g/mol. The van der Waals surface area contributed by atoms with Crippen molar-refractivity contribution in [1.29, 1.82) is 0 Å². The molecular formula is C17H15N3O2S. The molecule has 6 heteroatoms. The van der Waals surface area contributed by atoms with Gasteiger partial charge in [0.25, 0.3) is 0 Å². The predicted octanol–water partition coefficient (Wildman–Crippen LogP) is 4.71. The molecule has 1 aromatic heterocycles. The van der Waals surface area contributed by atoms with Crippen LogP contribution in [0.5, 0.6) is 0 Å². The molecule has 0 aliphatic heterocycles. The average molecular weight is 325 g/mol. The first kappa shape index (κ1) is 15.2. The summed E-state index contributed by atoms with van der Waals surface area (Å²) in [6.45, 7) is 0. The van der Waals surface area contributed by atoms with E-state index in [0.29, 0.717) is 11.6 Å². The number of anilines is 2. The molecule has 2 N–H and O–H groups in total. The summed E-state index contributed by atoms with van der Waals surface area (Å²) < 4.78 is 5.24. The average Bonchev–Trinajstić information content (AvgIpc) is 3.04. The van der Waals surface area contributed by atoms with Crippen molar-refractivity contribution >= 4 is 29.3 Å². The van der Waals surface area contributed by atoms with Gasteiger partial charge in [0.05, 0.1) is 0 Å². The van der Waals surface area contributed by atoms with Crippen molar-refractivity contribution in [3.63, 3.8) is 0 Å². The maximum Gasteiger partial charge on any atom is 0.324 e. The van der Waals surface area contributed by atoms with E-state index >= 15 is 0 Å². The van der Waals surface area contributed by atoms with Gasteiger partial charge in [-0.25, -0.2) is 4.79 Å². The van der Waals surface area contributed by atoms with Gasteiger partial charge in [0.15, 0.2) is 11.6 Å². The number of aromatic nitrogens is 1. The van der Waals surface area contributed by atoms with Crippen molar-refractivity contribution in [2.45, 2.75) is 4.90 Å². The highest BCUT2D eigenvalue weighted by Gasteiger charge is 2.09. The second-order valence-electron chi connectivity index (χ2n) is 4.75. The second-order valence-corrected chi connectivity index (χ2v) is 5.63. The van der Waals surface area contributed by atoms with E-state index in [-0.39, 0.29) is 6.03 Å². The Labute approximate surface area is 138 Å². The molecule has 3 aromatic rings. The van der Waals surface area contributed by atoms with Gasteiger partial charge in [-0.2, -0.15) is 0 Å². The number of benzene rings is 2. The molecule has 5 nitrogen and oxygen atoms in total. The number of hydrogen-bond donors (Lipinski definition) is 2. The fourth-order valence-corrected chi connectivity index (χ4v) is 2.51. The summed E-state index contributed by atoms with van der Waals surface area (Å²) in [4.78, 5) is 13.1. The van der Waals surface area contributed by atoms with Gasteiger partial charge in [0, 0.05) is 22.2 Å². The number of carbonyl (C=O) groups excluding carboxylic acids is 1. The zero-order valence-corrected chi connectivity index (χ0v) is 13.3. The summed E-state index contributed by atoms with van der Waals surface area (Å²) in [5, 5.41) is 9.28. The van der Waals surface area contributed by atoms with E-state index in [1.54, 1.807) is 17.8 Å². The Morgan fingerprint density at radius 1 is 1.04 bits per heavy atom. The quantitative estimate of drug-likeness (QED) is 0.682. The first-order valence-corrected chi connectivity index (χ1v) is 8.21. The topological polar surface area (TPSA) is 67.2 Å². The van der Waals surface area contributed by atoms with Crippen LogP contribution in [0.3, 0.4) is 0 Å². The fourth-order valence-electron chi connectivity index (χ4n) is 2.05. The molecule has 0 spiro atoms. The standard InChI is InChI=1S/C17H15N3O2S/c1-23-14-9-5-8-13(10-14)18-17(21)19-16-11-15(22-20-16)12-6-3-2-4-7-12/h2-11H,1H3,(H2,18,19,20,21). The van der Waals surface area contributed by atoms with Gasteiger partial charge >= 0.3 is 6.03 Å². The van der Waals surface area contributed by atoms with E-state index in [1.165, 1.54) is 0 Å². The molecule has 0 aliphatic carbocycles. The number of carbonyl (C=O) groups is 1. The highest BCUT2D eigenvalue weighted by atomic mass is 32.2. The van der Waals surface area contributed by atoms with Crippen molar-refractivity contribution in [2.24, 2.45) is 0 Å². The SMILES string of the molecule is CSc1cccc(NC(=O)Nc2cc(-c3ccccc3)on2)c1. The zero-order valence-electron chi connectivity index (χ0n) is 12.4. The lowest BCUT2D eigenvalue weighted by Crippen LogP contribution is -2.19. The van der Waals surface area contributed by atoms with E-state index in [0.717, 1.165) is 16.1 Å². The molecule has 0 aliphatic rings. The molecule has 0 atom stereocenters. The Balaban J connectivity index is 1.65. The summed E-state index contributed by atoms with van der Waals surface area (Å²) in [6, 6.07) is 18.5. The summed E-state index contributed by atoms with van der Waals surface area (Å²) in [5.41, 5.74) is 1.63. The molecule has 116 valence electrons. The lowest BCUT2D eigenvalue weighted by molar-refractivity contribution is 0.262. The van der Waals surface area contributed by atoms with Crippen molar-refractivity contribution in [3.8, 4) is 11.3 Å². The first-order valence-electron chi connectivity index (χ1n) is 6.99. The minimum absolute atomic E-state index is 0.363.